The molecule has 0 N–H and O–H groups in total. The largest absolute Gasteiger partial charge is 0.296 e. The van der Waals surface area contributed by atoms with Gasteiger partial charge in [0, 0.05) is 18.8 Å². The molecule has 232 valence electrons. The Kier molecular flexibility index (Phi) is 4.25. The molecule has 2 heteroatoms. The molecule has 0 saturated heterocycles. The van der Waals surface area contributed by atoms with Gasteiger partial charge in [0.15, 0.2) is 0 Å². The number of rotatable bonds is 6. The SMILES string of the molecule is [2H]c1c([2H])c([2H])c(-c2c3ccccc3c(-c3c([2H])c([2H])c([2H])c([2H])c3[2H])c3cc(-c4ccc(-c5ccccc5-n5c(C([2H])([2H])C([2H])([2H])[2H])nc6ccccc65)cc4)ccc23)c([2H])c1[2H]. The van der Waals surface area contributed by atoms with Crippen LogP contribution in [0.1, 0.15) is 33.2 Å². The van der Waals surface area contributed by atoms with Crippen molar-refractivity contribution in [1.82, 2.24) is 9.55 Å². The number of para-hydroxylation sites is 3. The third-order valence-corrected chi connectivity index (χ3v) is 8.87. The molecule has 9 rings (SSSR count). The molecule has 0 bridgehead atoms. The summed E-state index contributed by atoms with van der Waals surface area (Å²) in [4.78, 5) is 4.49. The second-order valence-corrected chi connectivity index (χ2v) is 11.5. The maximum absolute atomic E-state index is 9.05. The lowest BCUT2D eigenvalue weighted by Gasteiger charge is -2.19. The van der Waals surface area contributed by atoms with Gasteiger partial charge in [-0.2, -0.15) is 0 Å². The van der Waals surface area contributed by atoms with Gasteiger partial charge in [0.2, 0.25) is 0 Å². The lowest BCUT2D eigenvalue weighted by atomic mass is 9.85. The molecular weight excluding hydrogens is 593 g/mol. The Morgan fingerprint density at radius 3 is 1.84 bits per heavy atom. The Morgan fingerprint density at radius 2 is 1.12 bits per heavy atom. The van der Waals surface area contributed by atoms with Crippen molar-refractivity contribution in [3.8, 4) is 50.2 Å². The highest BCUT2D eigenvalue weighted by Gasteiger charge is 2.18. The third-order valence-electron chi connectivity index (χ3n) is 8.87. The van der Waals surface area contributed by atoms with Crippen LogP contribution in [0, 0.1) is 0 Å². The second-order valence-electron chi connectivity index (χ2n) is 11.5. The molecule has 9 aromatic rings. The molecule has 0 atom stereocenters. The van der Waals surface area contributed by atoms with Crippen molar-refractivity contribution in [3.63, 3.8) is 0 Å². The molecule has 49 heavy (non-hydrogen) atoms. The number of fused-ring (bicyclic) bond motifs is 3. The summed E-state index contributed by atoms with van der Waals surface area (Å²) >= 11 is 0. The van der Waals surface area contributed by atoms with Crippen LogP contribution in [0.15, 0.2) is 176 Å². The van der Waals surface area contributed by atoms with Gasteiger partial charge in [0.05, 0.1) is 30.4 Å². The molecule has 0 aliphatic carbocycles. The molecule has 0 spiro atoms. The van der Waals surface area contributed by atoms with Crippen LogP contribution in [0.5, 0.6) is 0 Å². The van der Waals surface area contributed by atoms with E-state index >= 15 is 0 Å². The molecule has 0 unspecified atom stereocenters. The number of benzene rings is 8. The van der Waals surface area contributed by atoms with Crippen LogP contribution < -0.4 is 0 Å². The first-order valence-electron chi connectivity index (χ1n) is 23.2. The van der Waals surface area contributed by atoms with E-state index in [1.165, 1.54) is 0 Å². The van der Waals surface area contributed by atoms with Gasteiger partial charge in [-0.1, -0.05) is 158 Å². The molecule has 1 aromatic heterocycles. The molecule has 0 saturated carbocycles. The molecule has 0 aliphatic heterocycles. The average molecular weight is 642 g/mol. The van der Waals surface area contributed by atoms with E-state index in [1.807, 2.05) is 42.5 Å². The van der Waals surface area contributed by atoms with E-state index in [9.17, 15) is 0 Å². The number of hydrogen-bond donors (Lipinski definition) is 0. The van der Waals surface area contributed by atoms with Gasteiger partial charge in [-0.05, 0) is 84.8 Å². The predicted molar refractivity (Wildman–Crippen MR) is 207 cm³/mol. The third kappa shape index (κ3) is 4.92. The number of nitrogens with zero attached hydrogens (tertiary/aromatic N) is 2. The van der Waals surface area contributed by atoms with Crippen LogP contribution in [-0.4, -0.2) is 9.55 Å². The van der Waals surface area contributed by atoms with E-state index in [1.54, 1.807) is 77.4 Å². The fraction of sp³-hybridized carbons (Fsp3) is 0.0426. The summed E-state index contributed by atoms with van der Waals surface area (Å²) in [7, 11) is 0. The first-order valence-corrected chi connectivity index (χ1v) is 15.7. The molecule has 8 aromatic carbocycles. The summed E-state index contributed by atoms with van der Waals surface area (Å²) in [6.45, 7) is -3.02. The average Bonchev–Trinajstić information content (AvgIpc) is 3.69. The second kappa shape index (κ2) is 12.1. The molecule has 0 aliphatic rings. The van der Waals surface area contributed by atoms with Gasteiger partial charge in [0.1, 0.15) is 5.82 Å². The fourth-order valence-corrected chi connectivity index (χ4v) is 6.76. The topological polar surface area (TPSA) is 17.8 Å². The highest BCUT2D eigenvalue weighted by atomic mass is 15.1. The lowest BCUT2D eigenvalue weighted by Crippen LogP contribution is -2.02. The predicted octanol–water partition coefficient (Wildman–Crippen LogP) is 12.6. The van der Waals surface area contributed by atoms with E-state index in [2.05, 4.69) is 4.98 Å². The Labute approximate surface area is 307 Å². The van der Waals surface area contributed by atoms with E-state index in [-0.39, 0.29) is 17.0 Å². The fourth-order valence-electron chi connectivity index (χ4n) is 6.76. The summed E-state index contributed by atoms with van der Waals surface area (Å²) in [5, 5.41) is 1.73. The minimum atomic E-state index is -3.02. The Hall–Kier alpha value is -6.25. The summed E-state index contributed by atoms with van der Waals surface area (Å²) in [5.74, 6) is -0.264. The number of aromatic nitrogens is 2. The highest BCUT2D eigenvalue weighted by molar-refractivity contribution is 6.22. The first-order chi connectivity index (χ1) is 30.3. The molecule has 2 nitrogen and oxygen atoms in total. The van der Waals surface area contributed by atoms with Crippen molar-refractivity contribution >= 4 is 32.6 Å². The van der Waals surface area contributed by atoms with E-state index < -0.39 is 73.6 Å². The van der Waals surface area contributed by atoms with Gasteiger partial charge in [0.25, 0.3) is 0 Å². The van der Waals surface area contributed by atoms with Crippen molar-refractivity contribution in [1.29, 1.82) is 0 Å². The Bertz CT molecular complexity index is 3350. The van der Waals surface area contributed by atoms with Crippen molar-refractivity contribution in [2.24, 2.45) is 0 Å². The number of imidazole rings is 1. The van der Waals surface area contributed by atoms with Gasteiger partial charge in [-0.15, -0.1) is 0 Å². The monoisotopic (exact) mass is 641 g/mol. The summed E-state index contributed by atoms with van der Waals surface area (Å²) in [6, 6.07) is 29.0. The van der Waals surface area contributed by atoms with E-state index in [0.29, 0.717) is 71.6 Å². The van der Waals surface area contributed by atoms with Gasteiger partial charge < -0.3 is 0 Å². The summed E-state index contributed by atoms with van der Waals surface area (Å²) in [6.07, 6.45) is -2.80. The lowest BCUT2D eigenvalue weighted by molar-refractivity contribution is 0.909. The van der Waals surface area contributed by atoms with E-state index in [4.69, 9.17) is 20.6 Å². The minimum absolute atomic E-state index is 0.0450. The normalized spacial score (nSPS) is 16.4. The first kappa shape index (κ1) is 17.2. The van der Waals surface area contributed by atoms with E-state index in [0.717, 1.165) is 0 Å². The molecule has 0 amide bonds. The minimum Gasteiger partial charge on any atom is -0.296 e. The molecular formula is C47H34N2. The van der Waals surface area contributed by atoms with Crippen LogP contribution >= 0.6 is 0 Å². The van der Waals surface area contributed by atoms with Crippen LogP contribution in [0.3, 0.4) is 0 Å². The maximum atomic E-state index is 9.05. The van der Waals surface area contributed by atoms with Crippen molar-refractivity contribution in [3.05, 3.63) is 182 Å². The Morgan fingerprint density at radius 1 is 0.551 bits per heavy atom. The summed E-state index contributed by atoms with van der Waals surface area (Å²) < 4.78 is 130. The van der Waals surface area contributed by atoms with Crippen molar-refractivity contribution in [2.45, 2.75) is 13.2 Å². The molecule has 1 heterocycles. The van der Waals surface area contributed by atoms with Crippen LogP contribution in [0.2, 0.25) is 0 Å². The number of hydrogen-bond acceptors (Lipinski definition) is 1. The van der Waals surface area contributed by atoms with Gasteiger partial charge in [-0.3, -0.25) is 4.57 Å². The number of aryl methyl sites for hydroxylation is 1. The molecule has 0 fully saturated rings. The van der Waals surface area contributed by atoms with Crippen molar-refractivity contribution < 1.29 is 20.6 Å². The van der Waals surface area contributed by atoms with Crippen LogP contribution in [-0.2, 0) is 6.37 Å². The zero-order valence-corrected chi connectivity index (χ0v) is 25.9. The quantitative estimate of drug-likeness (QED) is 0.165. The highest BCUT2D eigenvalue weighted by Crippen LogP contribution is 2.45. The summed E-state index contributed by atoms with van der Waals surface area (Å²) in [5.41, 5.74) is 4.73. The maximum Gasteiger partial charge on any atom is 0.114 e. The van der Waals surface area contributed by atoms with Crippen molar-refractivity contribution in [2.75, 3.05) is 0 Å². The molecule has 0 radical (unpaired) electrons. The Balaban J connectivity index is 1.29. The van der Waals surface area contributed by atoms with Crippen LogP contribution in [0.25, 0.3) is 82.8 Å². The van der Waals surface area contributed by atoms with Gasteiger partial charge in [-0.25, -0.2) is 4.98 Å². The smallest absolute Gasteiger partial charge is 0.114 e. The van der Waals surface area contributed by atoms with Crippen LogP contribution in [0.4, 0.5) is 0 Å². The standard InChI is InChI=1S/C47H34N2/c1-2-45-48-42-22-12-14-24-44(42)49(45)43-23-13-11-19-37(43)33-27-25-32(26-28-33)36-29-30-40-41(31-36)47(35-17-7-4-8-18-35)39-21-10-9-20-38(39)46(40)34-15-5-3-6-16-34/h3-31H,2H2,1H3/i1D3,2D2,3D,4D,5D,6D,7D,8D,15D,16D,17D,18D. The zero-order chi connectivity index (χ0) is 45.7. The van der Waals surface area contributed by atoms with Gasteiger partial charge >= 0.3 is 0 Å². The zero-order valence-electron chi connectivity index (χ0n) is 40.9.